The Kier molecular flexibility index (Phi) is 5.38. The molecule has 158 valence electrons. The van der Waals surface area contributed by atoms with E-state index in [9.17, 15) is 0 Å². The highest BCUT2D eigenvalue weighted by Gasteiger charge is 2.27. The summed E-state index contributed by atoms with van der Waals surface area (Å²) >= 11 is 0. The van der Waals surface area contributed by atoms with Gasteiger partial charge in [0.25, 0.3) is 0 Å². The van der Waals surface area contributed by atoms with Gasteiger partial charge in [-0.1, -0.05) is 66.7 Å². The first kappa shape index (κ1) is 19.7. The first-order chi connectivity index (χ1) is 15.2. The van der Waals surface area contributed by atoms with Crippen LogP contribution in [0, 0.1) is 0 Å². The van der Waals surface area contributed by atoms with Crippen molar-refractivity contribution in [3.05, 3.63) is 82.9 Å². The van der Waals surface area contributed by atoms with E-state index in [1.165, 1.54) is 16.7 Å². The SMILES string of the molecule is CC(CCN[C@H]1CC[C@H](c2ccccc2)c2ccccc21)c1cc(N)nc2[nH]nnc12. The van der Waals surface area contributed by atoms with Gasteiger partial charge in [-0.05, 0) is 60.0 Å². The Morgan fingerprint density at radius 3 is 2.68 bits per heavy atom. The molecule has 6 heteroatoms. The van der Waals surface area contributed by atoms with Gasteiger partial charge < -0.3 is 11.1 Å². The Morgan fingerprint density at radius 1 is 1.06 bits per heavy atom. The summed E-state index contributed by atoms with van der Waals surface area (Å²) in [6.07, 6.45) is 3.29. The van der Waals surface area contributed by atoms with Gasteiger partial charge in [-0.25, -0.2) is 10.1 Å². The number of nitrogens with one attached hydrogen (secondary N) is 2. The first-order valence-corrected chi connectivity index (χ1v) is 11.0. The van der Waals surface area contributed by atoms with Crippen LogP contribution in [0.4, 0.5) is 5.82 Å². The van der Waals surface area contributed by atoms with Gasteiger partial charge in [0, 0.05) is 12.0 Å². The molecule has 1 unspecified atom stereocenters. The third-order valence-corrected chi connectivity index (χ3v) is 6.54. The number of pyridine rings is 1. The summed E-state index contributed by atoms with van der Waals surface area (Å²) in [5, 5.41) is 14.7. The van der Waals surface area contributed by atoms with E-state index in [1.54, 1.807) is 0 Å². The van der Waals surface area contributed by atoms with Crippen molar-refractivity contribution in [3.63, 3.8) is 0 Å². The Morgan fingerprint density at radius 2 is 1.84 bits per heavy atom. The van der Waals surface area contributed by atoms with Crippen LogP contribution in [0.15, 0.2) is 60.7 Å². The van der Waals surface area contributed by atoms with E-state index in [1.807, 2.05) is 6.07 Å². The number of nitrogens with zero attached hydrogens (tertiary/aromatic N) is 3. The standard InChI is InChI=1S/C25H28N6/c1-16(21-15-23(26)28-25-24(21)29-31-30-25)13-14-27-22-12-11-18(17-7-3-2-4-8-17)19-9-5-6-10-20(19)22/h2-10,15-16,18,22,27H,11-14H2,1H3,(H3,26,28,29,30,31)/t16?,18-,22+/m1/s1. The predicted molar refractivity (Wildman–Crippen MR) is 124 cm³/mol. The first-order valence-electron chi connectivity index (χ1n) is 11.0. The van der Waals surface area contributed by atoms with E-state index in [0.29, 0.717) is 29.3 Å². The number of H-pyrrole nitrogens is 1. The van der Waals surface area contributed by atoms with Gasteiger partial charge >= 0.3 is 0 Å². The molecule has 0 aliphatic heterocycles. The van der Waals surface area contributed by atoms with Gasteiger partial charge in [-0.15, -0.1) is 5.10 Å². The van der Waals surface area contributed by atoms with E-state index in [2.05, 4.69) is 87.2 Å². The number of rotatable bonds is 6. The quantitative estimate of drug-likeness (QED) is 0.427. The number of benzene rings is 2. The van der Waals surface area contributed by atoms with E-state index in [-0.39, 0.29) is 0 Å². The molecule has 4 aromatic rings. The van der Waals surface area contributed by atoms with Crippen molar-refractivity contribution in [2.45, 2.75) is 44.1 Å². The normalized spacial score (nSPS) is 19.3. The van der Waals surface area contributed by atoms with Crippen LogP contribution in [0.2, 0.25) is 0 Å². The van der Waals surface area contributed by atoms with Crippen LogP contribution >= 0.6 is 0 Å². The number of anilines is 1. The van der Waals surface area contributed by atoms with Crippen molar-refractivity contribution in [3.8, 4) is 0 Å². The second kappa shape index (κ2) is 8.47. The van der Waals surface area contributed by atoms with Crippen LogP contribution in [0.5, 0.6) is 0 Å². The van der Waals surface area contributed by atoms with Gasteiger partial charge in [0.15, 0.2) is 5.65 Å². The molecule has 0 saturated heterocycles. The average molecular weight is 413 g/mol. The highest BCUT2D eigenvalue weighted by atomic mass is 15.3. The summed E-state index contributed by atoms with van der Waals surface area (Å²) in [5.74, 6) is 1.29. The molecule has 1 aliphatic carbocycles. The van der Waals surface area contributed by atoms with Gasteiger partial charge in [0.05, 0.1) is 0 Å². The van der Waals surface area contributed by atoms with Crippen LogP contribution in [-0.2, 0) is 0 Å². The van der Waals surface area contributed by atoms with Crippen molar-refractivity contribution < 1.29 is 0 Å². The fourth-order valence-corrected chi connectivity index (χ4v) is 4.92. The second-order valence-corrected chi connectivity index (χ2v) is 8.51. The van der Waals surface area contributed by atoms with E-state index in [0.717, 1.165) is 36.9 Å². The van der Waals surface area contributed by atoms with Crippen molar-refractivity contribution in [2.75, 3.05) is 12.3 Å². The third-order valence-electron chi connectivity index (χ3n) is 6.54. The average Bonchev–Trinajstić information content (AvgIpc) is 3.27. The summed E-state index contributed by atoms with van der Waals surface area (Å²) in [7, 11) is 0. The van der Waals surface area contributed by atoms with Crippen molar-refractivity contribution in [1.29, 1.82) is 0 Å². The van der Waals surface area contributed by atoms with Crippen molar-refractivity contribution in [2.24, 2.45) is 0 Å². The summed E-state index contributed by atoms with van der Waals surface area (Å²) in [5.41, 5.74) is 12.9. The molecular weight excluding hydrogens is 384 g/mol. The Balaban J connectivity index is 1.29. The van der Waals surface area contributed by atoms with Crippen LogP contribution in [-0.4, -0.2) is 26.9 Å². The Hall–Kier alpha value is -3.25. The number of fused-ring (bicyclic) bond motifs is 2. The summed E-state index contributed by atoms with van der Waals surface area (Å²) in [4.78, 5) is 4.27. The maximum atomic E-state index is 5.98. The highest BCUT2D eigenvalue weighted by molar-refractivity contribution is 5.76. The molecular formula is C25H28N6. The number of aromatic amines is 1. The Bertz CT molecular complexity index is 1170. The lowest BCUT2D eigenvalue weighted by Gasteiger charge is -2.33. The minimum atomic E-state index is 0.307. The molecule has 6 nitrogen and oxygen atoms in total. The number of nitrogens with two attached hydrogens (primary N) is 1. The minimum absolute atomic E-state index is 0.307. The Labute approximate surface area is 182 Å². The lowest BCUT2D eigenvalue weighted by Crippen LogP contribution is -2.28. The largest absolute Gasteiger partial charge is 0.384 e. The number of aromatic nitrogens is 4. The topological polar surface area (TPSA) is 92.5 Å². The van der Waals surface area contributed by atoms with Crippen LogP contribution in [0.3, 0.4) is 0 Å². The molecule has 2 aromatic heterocycles. The summed E-state index contributed by atoms with van der Waals surface area (Å²) < 4.78 is 0. The van der Waals surface area contributed by atoms with Crippen LogP contribution in [0.1, 0.15) is 66.3 Å². The zero-order chi connectivity index (χ0) is 21.2. The number of hydrogen-bond acceptors (Lipinski definition) is 5. The molecule has 3 atom stereocenters. The van der Waals surface area contributed by atoms with Gasteiger partial charge in [-0.3, -0.25) is 0 Å². The fourth-order valence-electron chi connectivity index (χ4n) is 4.92. The lowest BCUT2D eigenvalue weighted by molar-refractivity contribution is 0.430. The van der Waals surface area contributed by atoms with Gasteiger partial charge in [-0.2, -0.15) is 0 Å². The lowest BCUT2D eigenvalue weighted by atomic mass is 9.76. The summed E-state index contributed by atoms with van der Waals surface area (Å²) in [6.45, 7) is 3.14. The maximum Gasteiger partial charge on any atom is 0.178 e. The van der Waals surface area contributed by atoms with E-state index < -0.39 is 0 Å². The zero-order valence-corrected chi connectivity index (χ0v) is 17.8. The zero-order valence-electron chi connectivity index (χ0n) is 17.8. The molecule has 1 aliphatic rings. The maximum absolute atomic E-state index is 5.98. The minimum Gasteiger partial charge on any atom is -0.384 e. The number of nitrogen functional groups attached to an aromatic ring is 1. The molecule has 0 fully saturated rings. The second-order valence-electron chi connectivity index (χ2n) is 8.51. The predicted octanol–water partition coefficient (Wildman–Crippen LogP) is 4.69. The van der Waals surface area contributed by atoms with E-state index >= 15 is 0 Å². The van der Waals surface area contributed by atoms with Crippen LogP contribution in [0.25, 0.3) is 11.2 Å². The van der Waals surface area contributed by atoms with Crippen molar-refractivity contribution in [1.82, 2.24) is 25.7 Å². The smallest absolute Gasteiger partial charge is 0.178 e. The molecule has 4 N–H and O–H groups in total. The van der Waals surface area contributed by atoms with Crippen molar-refractivity contribution >= 4 is 17.0 Å². The molecule has 0 bridgehead atoms. The van der Waals surface area contributed by atoms with Crippen LogP contribution < -0.4 is 11.1 Å². The monoisotopic (exact) mass is 412 g/mol. The molecule has 2 aromatic carbocycles. The third kappa shape index (κ3) is 3.91. The molecule has 31 heavy (non-hydrogen) atoms. The molecule has 0 radical (unpaired) electrons. The van der Waals surface area contributed by atoms with E-state index in [4.69, 9.17) is 5.73 Å². The molecule has 5 rings (SSSR count). The molecule has 0 amide bonds. The molecule has 0 saturated carbocycles. The summed E-state index contributed by atoms with van der Waals surface area (Å²) in [6, 6.07) is 22.1. The van der Waals surface area contributed by atoms with Gasteiger partial charge in [0.2, 0.25) is 0 Å². The molecule has 0 spiro atoms. The highest BCUT2D eigenvalue weighted by Crippen LogP contribution is 2.41. The molecule has 2 heterocycles. The fraction of sp³-hybridized carbons (Fsp3) is 0.320. The number of hydrogen-bond donors (Lipinski definition) is 3. The van der Waals surface area contributed by atoms with Gasteiger partial charge in [0.1, 0.15) is 11.3 Å².